The van der Waals surface area contributed by atoms with E-state index in [9.17, 15) is 75.0 Å². The SMILES string of the molecule is CCCCCCCCN(CCCCCCCC)C(=O)C(F)(F)C(F)(F)C(F)(F)C(F)(F)C(F)(F)C(F)(F)C(F)(F)C(F)(F)Cl. The Labute approximate surface area is 248 Å². The molecule has 0 aliphatic rings. The van der Waals surface area contributed by atoms with Gasteiger partial charge in [0.25, 0.3) is 5.91 Å². The molecule has 0 heterocycles. The highest BCUT2D eigenvalue weighted by Gasteiger charge is 2.95. The molecule has 0 aliphatic carbocycles. The first kappa shape index (κ1) is 42.6. The smallest absolute Gasteiger partial charge is 0.337 e. The molecule has 0 aromatic rings. The van der Waals surface area contributed by atoms with E-state index in [1.807, 2.05) is 13.8 Å². The molecule has 44 heavy (non-hydrogen) atoms. The Bertz CT molecular complexity index is 876. The Morgan fingerprint density at radius 3 is 1.05 bits per heavy atom. The van der Waals surface area contributed by atoms with Crippen LogP contribution in [0.4, 0.5) is 70.2 Å². The maximum absolute atomic E-state index is 14.7. The van der Waals surface area contributed by atoms with Crippen molar-refractivity contribution in [1.29, 1.82) is 0 Å². The summed E-state index contributed by atoms with van der Waals surface area (Å²) in [5.41, 5.74) is 0. The summed E-state index contributed by atoms with van der Waals surface area (Å²) < 4.78 is 221. The van der Waals surface area contributed by atoms with Crippen molar-refractivity contribution in [2.24, 2.45) is 0 Å². The zero-order chi connectivity index (χ0) is 35.1. The molecule has 0 bridgehead atoms. The molecular formula is C25H34ClF16NO. The third-order valence-corrected chi connectivity index (χ3v) is 7.08. The number of hydrogen-bond donors (Lipinski definition) is 0. The summed E-state index contributed by atoms with van der Waals surface area (Å²) >= 11 is 3.53. The van der Waals surface area contributed by atoms with Gasteiger partial charge in [-0.05, 0) is 24.4 Å². The highest BCUT2D eigenvalue weighted by Crippen LogP contribution is 2.64. The van der Waals surface area contributed by atoms with Crippen LogP contribution in [0.15, 0.2) is 0 Å². The molecule has 264 valence electrons. The van der Waals surface area contributed by atoms with Crippen LogP contribution in [-0.4, -0.2) is 70.7 Å². The largest absolute Gasteiger partial charge is 0.393 e. The highest BCUT2D eigenvalue weighted by molar-refractivity contribution is 6.22. The second-order valence-corrected chi connectivity index (χ2v) is 10.8. The van der Waals surface area contributed by atoms with Gasteiger partial charge in [-0.2, -0.15) is 70.2 Å². The molecule has 0 radical (unpaired) electrons. The Morgan fingerprint density at radius 1 is 0.455 bits per heavy atom. The number of amides is 1. The van der Waals surface area contributed by atoms with Crippen molar-refractivity contribution in [2.45, 2.75) is 138 Å². The van der Waals surface area contributed by atoms with Crippen molar-refractivity contribution in [3.05, 3.63) is 0 Å². The summed E-state index contributed by atoms with van der Waals surface area (Å²) in [5.74, 6) is -59.9. The normalized spacial score (nSPS) is 14.7. The second-order valence-electron chi connectivity index (χ2n) is 10.3. The molecule has 0 fully saturated rings. The maximum atomic E-state index is 14.7. The van der Waals surface area contributed by atoms with Gasteiger partial charge in [0, 0.05) is 13.1 Å². The summed E-state index contributed by atoms with van der Waals surface area (Å²) in [4.78, 5) is 12.3. The summed E-state index contributed by atoms with van der Waals surface area (Å²) in [6, 6.07) is 0. The van der Waals surface area contributed by atoms with E-state index in [0.717, 1.165) is 25.7 Å². The van der Waals surface area contributed by atoms with E-state index in [2.05, 4.69) is 11.6 Å². The van der Waals surface area contributed by atoms with Crippen LogP contribution in [0.25, 0.3) is 0 Å². The molecule has 1 amide bonds. The van der Waals surface area contributed by atoms with E-state index in [-0.39, 0.29) is 30.6 Å². The zero-order valence-electron chi connectivity index (χ0n) is 23.7. The predicted octanol–water partition coefficient (Wildman–Crippen LogP) is 10.8. The number of carbonyl (C=O) groups excluding carboxylic acids is 1. The van der Waals surface area contributed by atoms with Crippen LogP contribution >= 0.6 is 11.6 Å². The number of alkyl halides is 17. The number of halogens is 17. The molecule has 2 nitrogen and oxygen atoms in total. The first-order valence-electron chi connectivity index (χ1n) is 13.7. The van der Waals surface area contributed by atoms with Crippen LogP contribution in [0.3, 0.4) is 0 Å². The van der Waals surface area contributed by atoms with Crippen molar-refractivity contribution >= 4 is 17.5 Å². The monoisotopic (exact) mass is 703 g/mol. The lowest BCUT2D eigenvalue weighted by molar-refractivity contribution is -0.446. The summed E-state index contributed by atoms with van der Waals surface area (Å²) in [5, 5.41) is -6.85. The number of unbranched alkanes of at least 4 members (excludes halogenated alkanes) is 10. The number of carbonyl (C=O) groups is 1. The van der Waals surface area contributed by atoms with Crippen LogP contribution < -0.4 is 0 Å². The van der Waals surface area contributed by atoms with E-state index in [1.165, 1.54) is 0 Å². The van der Waals surface area contributed by atoms with E-state index >= 15 is 0 Å². The van der Waals surface area contributed by atoms with Crippen LogP contribution in [0, 0.1) is 0 Å². The van der Waals surface area contributed by atoms with Gasteiger partial charge in [-0.15, -0.1) is 0 Å². The van der Waals surface area contributed by atoms with E-state index < -0.39 is 65.8 Å². The van der Waals surface area contributed by atoms with Gasteiger partial charge in [-0.3, -0.25) is 4.79 Å². The fourth-order valence-electron chi connectivity index (χ4n) is 3.98. The van der Waals surface area contributed by atoms with Gasteiger partial charge in [0.05, 0.1) is 0 Å². The van der Waals surface area contributed by atoms with Crippen molar-refractivity contribution in [1.82, 2.24) is 4.90 Å². The summed E-state index contributed by atoms with van der Waals surface area (Å²) in [6.45, 7) is 2.08. The molecule has 0 unspecified atom stereocenters. The molecule has 0 aromatic carbocycles. The van der Waals surface area contributed by atoms with E-state index in [1.54, 1.807) is 0 Å². The number of nitrogens with zero attached hydrogens (tertiary/aromatic N) is 1. The van der Waals surface area contributed by atoms with Gasteiger partial charge in [-0.1, -0.05) is 78.1 Å². The lowest BCUT2D eigenvalue weighted by Crippen LogP contribution is -2.75. The highest BCUT2D eigenvalue weighted by atomic mass is 35.5. The van der Waals surface area contributed by atoms with Crippen molar-refractivity contribution < 1.29 is 75.0 Å². The first-order chi connectivity index (χ1) is 19.7. The number of hydrogen-bond acceptors (Lipinski definition) is 1. The van der Waals surface area contributed by atoms with Crippen molar-refractivity contribution in [3.63, 3.8) is 0 Å². The molecular weight excluding hydrogens is 670 g/mol. The third-order valence-electron chi connectivity index (χ3n) is 6.84. The van der Waals surface area contributed by atoms with Gasteiger partial charge in [0.15, 0.2) is 0 Å². The van der Waals surface area contributed by atoms with Crippen molar-refractivity contribution in [2.75, 3.05) is 13.1 Å². The lowest BCUT2D eigenvalue weighted by Gasteiger charge is -2.43. The average Bonchev–Trinajstić information content (AvgIpc) is 2.89. The number of rotatable bonds is 22. The minimum atomic E-state index is -8.59. The van der Waals surface area contributed by atoms with E-state index in [0.29, 0.717) is 25.7 Å². The average molecular weight is 704 g/mol. The van der Waals surface area contributed by atoms with Gasteiger partial charge in [0.1, 0.15) is 0 Å². The summed E-state index contributed by atoms with van der Waals surface area (Å²) in [6.07, 6.45) is 5.27. The molecule has 0 saturated carbocycles. The minimum Gasteiger partial charge on any atom is -0.337 e. The molecule has 0 spiro atoms. The minimum absolute atomic E-state index is 0.100. The molecule has 0 rings (SSSR count). The van der Waals surface area contributed by atoms with Gasteiger partial charge >= 0.3 is 46.8 Å². The summed E-state index contributed by atoms with van der Waals surface area (Å²) in [7, 11) is 0. The lowest BCUT2D eigenvalue weighted by atomic mass is 9.88. The third kappa shape index (κ3) is 8.31. The second kappa shape index (κ2) is 15.5. The molecule has 0 aliphatic heterocycles. The van der Waals surface area contributed by atoms with Crippen LogP contribution in [0.2, 0.25) is 0 Å². The predicted molar refractivity (Wildman–Crippen MR) is 129 cm³/mol. The van der Waals surface area contributed by atoms with Crippen LogP contribution in [0.5, 0.6) is 0 Å². The van der Waals surface area contributed by atoms with Crippen LogP contribution in [-0.2, 0) is 4.79 Å². The fraction of sp³-hybridized carbons (Fsp3) is 0.960. The van der Waals surface area contributed by atoms with Gasteiger partial charge in [0.2, 0.25) is 0 Å². The molecule has 19 heteroatoms. The fourth-order valence-corrected chi connectivity index (χ4v) is 4.10. The molecule has 0 atom stereocenters. The maximum Gasteiger partial charge on any atom is 0.393 e. The topological polar surface area (TPSA) is 20.3 Å². The molecule has 0 N–H and O–H groups in total. The van der Waals surface area contributed by atoms with Gasteiger partial charge in [-0.25, -0.2) is 0 Å². The quantitative estimate of drug-likeness (QED) is 0.0624. The Hall–Kier alpha value is -1.36. The molecule has 0 aromatic heterocycles. The molecule has 0 saturated heterocycles. The van der Waals surface area contributed by atoms with Crippen molar-refractivity contribution in [3.8, 4) is 0 Å². The zero-order valence-corrected chi connectivity index (χ0v) is 24.4. The standard InChI is InChI=1S/C25H34ClF16NO/c1-3-5-7-9-11-13-15-43(16-14-12-10-8-6-4-2)17(44)18(27,28)19(29,30)20(31,32)21(33,34)22(35,36)23(37,38)24(39,40)25(26,41)42/h3-16H2,1-2H3. The Kier molecular flexibility index (Phi) is 15.0. The van der Waals surface area contributed by atoms with Crippen LogP contribution in [0.1, 0.15) is 90.9 Å². The Balaban J connectivity index is 6.42. The van der Waals surface area contributed by atoms with E-state index in [4.69, 9.17) is 0 Å². The Morgan fingerprint density at radius 2 is 0.727 bits per heavy atom. The first-order valence-corrected chi connectivity index (χ1v) is 14.1. The van der Waals surface area contributed by atoms with Gasteiger partial charge < -0.3 is 4.90 Å².